The van der Waals surface area contributed by atoms with Crippen molar-refractivity contribution in [2.75, 3.05) is 7.05 Å². The number of halogens is 12. The minimum atomic E-state index is -6.68. The van der Waals surface area contributed by atoms with Gasteiger partial charge in [-0.3, -0.25) is 9.79 Å². The summed E-state index contributed by atoms with van der Waals surface area (Å²) in [7, 11) is 1.53. The molecule has 0 saturated heterocycles. The van der Waals surface area contributed by atoms with Crippen LogP contribution < -0.4 is 5.73 Å². The largest absolute Gasteiger partial charge is 0.435 e. The number of nitrogens with two attached hydrogens (primary N) is 1. The van der Waals surface area contributed by atoms with Gasteiger partial charge in [0.05, 0.1) is 21.8 Å². The number of carbonyl (C=O) groups excluding carboxylic acids is 1. The zero-order valence-corrected chi connectivity index (χ0v) is 21.3. The lowest BCUT2D eigenvalue weighted by Gasteiger charge is -2.31. The maximum atomic E-state index is 14.5. The Morgan fingerprint density at radius 2 is 1.60 bits per heavy atom. The smallest absolute Gasteiger partial charge is 0.404 e. The number of benzene rings is 1. The summed E-state index contributed by atoms with van der Waals surface area (Å²) < 4.78 is 134. The van der Waals surface area contributed by atoms with Gasteiger partial charge in [0.2, 0.25) is 0 Å². The molecule has 1 aromatic heterocycles. The monoisotopic (exact) mass is 624 g/mol. The van der Waals surface area contributed by atoms with Crippen LogP contribution in [0.3, 0.4) is 0 Å². The molecule has 0 unspecified atom stereocenters. The fourth-order valence-electron chi connectivity index (χ4n) is 3.55. The molecule has 1 aromatic carbocycles. The van der Waals surface area contributed by atoms with E-state index < -0.39 is 58.0 Å². The molecule has 0 aliphatic heterocycles. The van der Waals surface area contributed by atoms with Gasteiger partial charge in [-0.1, -0.05) is 23.2 Å². The number of aliphatic imine (C=N–C) groups is 1. The van der Waals surface area contributed by atoms with Crippen LogP contribution in [0.25, 0.3) is 5.57 Å². The molecular weight excluding hydrogens is 609 g/mol. The molecule has 0 spiro atoms. The second-order valence-electron chi connectivity index (χ2n) is 8.60. The van der Waals surface area contributed by atoms with Crippen molar-refractivity contribution in [3.63, 3.8) is 0 Å². The topological polar surface area (TPSA) is 71.6 Å². The van der Waals surface area contributed by atoms with E-state index in [1.165, 1.54) is 18.0 Å². The molecule has 1 heterocycles. The van der Waals surface area contributed by atoms with Crippen molar-refractivity contribution < 1.29 is 48.7 Å². The number of pyridine rings is 1. The lowest BCUT2D eigenvalue weighted by molar-refractivity contribution is -0.348. The predicted octanol–water partition coefficient (Wildman–Crippen LogP) is 7.63. The second kappa shape index (κ2) is 10.7. The van der Waals surface area contributed by atoms with Crippen molar-refractivity contribution in [1.82, 2.24) is 9.88 Å². The van der Waals surface area contributed by atoms with E-state index in [0.717, 1.165) is 25.2 Å². The summed E-state index contributed by atoms with van der Waals surface area (Å²) in [4.78, 5) is 21.5. The van der Waals surface area contributed by atoms with E-state index in [-0.39, 0.29) is 34.0 Å². The van der Waals surface area contributed by atoms with Crippen LogP contribution in [0.5, 0.6) is 0 Å². The Kier molecular flexibility index (Phi) is 8.44. The normalized spacial score (nSPS) is 15.6. The average Bonchev–Trinajstić information content (AvgIpc) is 3.67. The molecule has 1 aliphatic rings. The Morgan fingerprint density at radius 3 is 2.08 bits per heavy atom. The van der Waals surface area contributed by atoms with Crippen molar-refractivity contribution in [3.05, 3.63) is 63.0 Å². The van der Waals surface area contributed by atoms with Crippen LogP contribution in [0.1, 0.15) is 39.9 Å². The van der Waals surface area contributed by atoms with Gasteiger partial charge in [0.1, 0.15) is 5.15 Å². The van der Waals surface area contributed by atoms with E-state index in [4.69, 9.17) is 28.9 Å². The minimum absolute atomic E-state index is 0.0121. The van der Waals surface area contributed by atoms with Crippen LogP contribution in [-0.2, 0) is 11.8 Å². The quantitative estimate of drug-likeness (QED) is 0.204. The molecule has 1 aliphatic carbocycles. The molecule has 1 saturated carbocycles. The highest BCUT2D eigenvalue weighted by atomic mass is 35.5. The summed E-state index contributed by atoms with van der Waals surface area (Å²) in [6.45, 7) is 0. The van der Waals surface area contributed by atoms with E-state index in [1.54, 1.807) is 0 Å². The Bertz CT molecular complexity index is 1350. The summed E-state index contributed by atoms with van der Waals surface area (Å²) in [5.74, 6) is -0.516. The van der Waals surface area contributed by atoms with Crippen molar-refractivity contribution in [2.24, 2.45) is 10.7 Å². The van der Waals surface area contributed by atoms with E-state index >= 15 is 0 Å². The summed E-state index contributed by atoms with van der Waals surface area (Å²) in [6, 6.07) is 0.285. The fraction of sp³-hybridized carbons (Fsp3) is 0.348. The zero-order chi connectivity index (χ0) is 30.4. The first kappa shape index (κ1) is 31.5. The third-order valence-corrected chi connectivity index (χ3v) is 6.47. The Labute approximate surface area is 229 Å². The van der Waals surface area contributed by atoms with Crippen molar-refractivity contribution in [2.45, 2.75) is 43.1 Å². The lowest BCUT2D eigenvalue weighted by Crippen LogP contribution is -2.50. The van der Waals surface area contributed by atoms with Crippen LogP contribution in [0.4, 0.5) is 49.6 Å². The van der Waals surface area contributed by atoms with Gasteiger partial charge in [-0.25, -0.2) is 9.37 Å². The summed E-state index contributed by atoms with van der Waals surface area (Å²) in [6.07, 6.45) is -14.9. The number of alkyl halides is 10. The van der Waals surface area contributed by atoms with Gasteiger partial charge in [0.25, 0.3) is 5.91 Å². The molecule has 2 aromatic rings. The number of hydrogen-bond donors (Lipinski definition) is 1. The third kappa shape index (κ3) is 5.99. The van der Waals surface area contributed by atoms with Crippen LogP contribution in [0.15, 0.2) is 35.6 Å². The van der Waals surface area contributed by atoms with Crippen molar-refractivity contribution in [3.8, 4) is 0 Å². The van der Waals surface area contributed by atoms with E-state index in [1.807, 2.05) is 0 Å². The Balaban J connectivity index is 2.10. The predicted molar refractivity (Wildman–Crippen MR) is 126 cm³/mol. The highest BCUT2D eigenvalue weighted by Crippen LogP contribution is 2.55. The SMILES string of the molecule is CN(C(=O)c1cc(C(C=Nc2c(Cl)cc(C(F)(C(F)(F)F)C(F)(F)F)cc2C(F)(F)F)=CN)cnc1Cl)C1CC1. The van der Waals surface area contributed by atoms with Crippen LogP contribution in [-0.4, -0.2) is 47.4 Å². The van der Waals surface area contributed by atoms with Crippen LogP contribution >= 0.6 is 23.2 Å². The molecule has 1 fully saturated rings. The first-order valence-electron chi connectivity index (χ1n) is 10.9. The molecule has 0 bridgehead atoms. The second-order valence-corrected chi connectivity index (χ2v) is 9.36. The molecule has 218 valence electrons. The zero-order valence-electron chi connectivity index (χ0n) is 19.8. The van der Waals surface area contributed by atoms with Gasteiger partial charge in [-0.05, 0) is 31.0 Å². The average molecular weight is 625 g/mol. The van der Waals surface area contributed by atoms with Crippen LogP contribution in [0, 0.1) is 0 Å². The molecule has 3 rings (SSSR count). The maximum Gasteiger partial charge on any atom is 0.435 e. The van der Waals surface area contributed by atoms with Crippen molar-refractivity contribution in [1.29, 1.82) is 0 Å². The Morgan fingerprint density at radius 1 is 1.02 bits per heavy atom. The van der Waals surface area contributed by atoms with Gasteiger partial charge in [-0.2, -0.15) is 39.5 Å². The first-order chi connectivity index (χ1) is 18.2. The minimum Gasteiger partial charge on any atom is -0.404 e. The molecule has 1 amide bonds. The number of hydrogen-bond acceptors (Lipinski definition) is 4. The van der Waals surface area contributed by atoms with Gasteiger partial charge >= 0.3 is 24.2 Å². The maximum absolute atomic E-state index is 14.5. The molecule has 40 heavy (non-hydrogen) atoms. The number of amides is 1. The standard InChI is InChI=1S/C23H16Cl2F10N4O/c1-39(13-2-3-13)19(40)14-4-10(8-38-18(14)25)11(7-36)9-37-17-15(21(27,28)29)5-12(6-16(17)24)20(26,22(30,31)32)23(33,34)35/h4-9,13H,2-3,36H2,1H3. The fourth-order valence-corrected chi connectivity index (χ4v) is 4.01. The van der Waals surface area contributed by atoms with E-state index in [0.29, 0.717) is 6.21 Å². The first-order valence-corrected chi connectivity index (χ1v) is 11.6. The van der Waals surface area contributed by atoms with E-state index in [9.17, 15) is 48.7 Å². The molecule has 0 atom stereocenters. The molecule has 17 heteroatoms. The molecule has 0 radical (unpaired) electrons. The van der Waals surface area contributed by atoms with Gasteiger partial charge in [0.15, 0.2) is 0 Å². The van der Waals surface area contributed by atoms with Gasteiger partial charge < -0.3 is 10.6 Å². The number of carbonyl (C=O) groups is 1. The molecule has 2 N–H and O–H groups in total. The number of allylic oxidation sites excluding steroid dienone is 1. The molecule has 5 nitrogen and oxygen atoms in total. The van der Waals surface area contributed by atoms with Crippen LogP contribution in [0.2, 0.25) is 10.2 Å². The number of nitrogens with zero attached hydrogens (tertiary/aromatic N) is 3. The van der Waals surface area contributed by atoms with Crippen molar-refractivity contribution >= 4 is 46.6 Å². The summed E-state index contributed by atoms with van der Waals surface area (Å²) in [5, 5.41) is -1.57. The number of rotatable bonds is 6. The summed E-state index contributed by atoms with van der Waals surface area (Å²) in [5.41, 5.74) is -6.85. The number of aromatic nitrogens is 1. The lowest BCUT2D eigenvalue weighted by atomic mass is 9.92. The highest BCUT2D eigenvalue weighted by molar-refractivity contribution is 6.34. The van der Waals surface area contributed by atoms with Gasteiger partial charge in [-0.15, -0.1) is 0 Å². The van der Waals surface area contributed by atoms with E-state index in [2.05, 4.69) is 9.98 Å². The summed E-state index contributed by atoms with van der Waals surface area (Å²) >= 11 is 11.6. The van der Waals surface area contributed by atoms with Gasteiger partial charge in [0, 0.05) is 48.4 Å². The third-order valence-electron chi connectivity index (χ3n) is 5.88. The highest BCUT2D eigenvalue weighted by Gasteiger charge is 2.73. The molecular formula is C23H16Cl2F10N4O. The Hall–Kier alpha value is -3.07.